The fraction of sp³-hybridized carbons (Fsp3) is 0.667. The van der Waals surface area contributed by atoms with E-state index in [0.717, 1.165) is 37.5 Å². The molecule has 142 valence electrons. The molecule has 2 rings (SSSR count). The van der Waals surface area contributed by atoms with Gasteiger partial charge in [-0.2, -0.15) is 0 Å². The first kappa shape index (κ1) is 21.7. The van der Waals surface area contributed by atoms with E-state index in [9.17, 15) is 4.79 Å². The number of alkyl carbamates (subject to hydrolysis) is 1. The van der Waals surface area contributed by atoms with E-state index in [2.05, 4.69) is 17.2 Å². The van der Waals surface area contributed by atoms with E-state index in [4.69, 9.17) is 26.2 Å². The summed E-state index contributed by atoms with van der Waals surface area (Å²) in [6.07, 6.45) is 3.81. The quantitative estimate of drug-likeness (QED) is 0.788. The first-order chi connectivity index (χ1) is 11.8. The summed E-state index contributed by atoms with van der Waals surface area (Å²) in [6, 6.07) is 1.58. The number of aromatic nitrogens is 1. The summed E-state index contributed by atoms with van der Waals surface area (Å²) >= 11 is 5.98. The van der Waals surface area contributed by atoms with Gasteiger partial charge in [-0.1, -0.05) is 18.5 Å². The summed E-state index contributed by atoms with van der Waals surface area (Å²) < 4.78 is 11.3. The second-order valence-electron chi connectivity index (χ2n) is 6.78. The highest BCUT2D eigenvalue weighted by atomic mass is 35.5. The predicted octanol–water partition coefficient (Wildman–Crippen LogP) is 3.65. The number of nitrogens with zero attached hydrogens (tertiary/aromatic N) is 1. The van der Waals surface area contributed by atoms with Crippen LogP contribution in [0.15, 0.2) is 12.3 Å². The van der Waals surface area contributed by atoms with E-state index < -0.39 is 11.7 Å². The summed E-state index contributed by atoms with van der Waals surface area (Å²) in [4.78, 5) is 16.3. The minimum Gasteiger partial charge on any atom is -0.444 e. The smallest absolute Gasteiger partial charge is 0.408 e. The number of carbonyl (C=O) groups is 1. The van der Waals surface area contributed by atoms with Gasteiger partial charge in [0, 0.05) is 19.9 Å². The number of hydrogen-bond donors (Lipinski definition) is 2. The Morgan fingerprint density at radius 1 is 1.44 bits per heavy atom. The van der Waals surface area contributed by atoms with Gasteiger partial charge < -0.3 is 19.9 Å². The molecule has 1 aliphatic carbocycles. The lowest BCUT2D eigenvalue weighted by Crippen LogP contribution is -2.43. The number of fused-ring (bicyclic) bond motifs is 1. The molecule has 0 bridgehead atoms. The van der Waals surface area contributed by atoms with Crippen LogP contribution in [-0.2, 0) is 15.9 Å². The molecule has 2 atom stereocenters. The average Bonchev–Trinajstić information content (AvgIpc) is 2.54. The first-order valence-corrected chi connectivity index (χ1v) is 8.88. The van der Waals surface area contributed by atoms with E-state index in [1.54, 1.807) is 6.20 Å². The number of aryl methyl sites for hydroxylation is 1. The van der Waals surface area contributed by atoms with Gasteiger partial charge >= 0.3 is 6.09 Å². The van der Waals surface area contributed by atoms with Crippen molar-refractivity contribution in [2.45, 2.75) is 64.7 Å². The second kappa shape index (κ2) is 9.94. The summed E-state index contributed by atoms with van der Waals surface area (Å²) in [5.74, 6) is 0. The molecule has 0 aromatic carbocycles. The molecule has 1 heterocycles. The molecule has 2 N–H and O–H groups in total. The van der Waals surface area contributed by atoms with Gasteiger partial charge in [0.2, 0.25) is 0 Å². The fourth-order valence-corrected chi connectivity index (χ4v) is 2.87. The third kappa shape index (κ3) is 6.80. The number of pyridine rings is 1. The highest BCUT2D eigenvalue weighted by Gasteiger charge is 2.33. The number of carbonyl (C=O) groups excluding carboxylic acids is 1. The van der Waals surface area contributed by atoms with Gasteiger partial charge in [-0.05, 0) is 57.2 Å². The molecule has 0 aliphatic heterocycles. The number of nitrogens with one attached hydrogen (secondary N) is 1. The number of hydrogen-bond acceptors (Lipinski definition) is 5. The fourth-order valence-electron chi connectivity index (χ4n) is 2.69. The highest BCUT2D eigenvalue weighted by molar-refractivity contribution is 6.29. The van der Waals surface area contributed by atoms with Crippen LogP contribution in [0.1, 0.15) is 57.7 Å². The van der Waals surface area contributed by atoms with Crippen LogP contribution in [0.4, 0.5) is 4.79 Å². The summed E-state index contributed by atoms with van der Waals surface area (Å²) in [5, 5.41) is 10.4. The standard InChI is InChI=1S/C17H25ClN2O3.CH4O/c1-5-8-22-13-7-6-11-9-14(18)19-10-12(11)15(13)20-16(21)23-17(2,3)4;1-2/h9-10,13,15H,5-8H2,1-4H3,(H,20,21);2H,1H3. The molecule has 7 heteroatoms. The molecule has 2 unspecified atom stereocenters. The Labute approximate surface area is 154 Å². The number of rotatable bonds is 4. The van der Waals surface area contributed by atoms with E-state index in [1.165, 1.54) is 0 Å². The van der Waals surface area contributed by atoms with E-state index >= 15 is 0 Å². The van der Waals surface area contributed by atoms with Crippen LogP contribution in [0.25, 0.3) is 0 Å². The van der Waals surface area contributed by atoms with Crippen LogP contribution in [0.3, 0.4) is 0 Å². The van der Waals surface area contributed by atoms with Crippen molar-refractivity contribution in [3.63, 3.8) is 0 Å². The van der Waals surface area contributed by atoms with Crippen molar-refractivity contribution in [1.82, 2.24) is 10.3 Å². The maximum atomic E-state index is 12.2. The van der Waals surface area contributed by atoms with Gasteiger partial charge in [-0.15, -0.1) is 0 Å². The average molecular weight is 373 g/mol. The molecule has 0 fully saturated rings. The molecule has 6 nitrogen and oxygen atoms in total. The summed E-state index contributed by atoms with van der Waals surface area (Å²) in [7, 11) is 1.00. The predicted molar refractivity (Wildman–Crippen MR) is 97.9 cm³/mol. The van der Waals surface area contributed by atoms with Gasteiger partial charge in [0.05, 0.1) is 12.1 Å². The van der Waals surface area contributed by atoms with Crippen LogP contribution in [0.2, 0.25) is 5.15 Å². The molecule has 1 aromatic rings. The van der Waals surface area contributed by atoms with Gasteiger partial charge in [-0.3, -0.25) is 0 Å². The Bertz CT molecular complexity index is 560. The first-order valence-electron chi connectivity index (χ1n) is 8.50. The van der Waals surface area contributed by atoms with Crippen molar-refractivity contribution < 1.29 is 19.4 Å². The minimum absolute atomic E-state index is 0.0852. The number of amides is 1. The van der Waals surface area contributed by atoms with Crippen LogP contribution >= 0.6 is 11.6 Å². The van der Waals surface area contributed by atoms with Crippen molar-refractivity contribution in [3.05, 3.63) is 28.5 Å². The molecule has 0 saturated heterocycles. The van der Waals surface area contributed by atoms with Crippen molar-refractivity contribution in [2.24, 2.45) is 0 Å². The minimum atomic E-state index is -0.542. The maximum absolute atomic E-state index is 12.2. The van der Waals surface area contributed by atoms with Crippen molar-refractivity contribution in [2.75, 3.05) is 13.7 Å². The number of halogens is 1. The third-order valence-electron chi connectivity index (χ3n) is 3.60. The lowest BCUT2D eigenvalue weighted by Gasteiger charge is -2.34. The molecular formula is C18H29ClN2O4. The SMILES string of the molecule is CCCOC1CCc2cc(Cl)ncc2C1NC(=O)OC(C)(C)C.CO. The zero-order chi connectivity index (χ0) is 19.0. The van der Waals surface area contributed by atoms with Crippen molar-refractivity contribution in [3.8, 4) is 0 Å². The van der Waals surface area contributed by atoms with Gasteiger partial charge in [0.1, 0.15) is 10.8 Å². The number of aliphatic hydroxyl groups excluding tert-OH is 1. The Kier molecular flexibility index (Phi) is 8.62. The summed E-state index contributed by atoms with van der Waals surface area (Å²) in [5.41, 5.74) is 1.51. The Hall–Kier alpha value is -1.37. The van der Waals surface area contributed by atoms with Crippen LogP contribution < -0.4 is 5.32 Å². The highest BCUT2D eigenvalue weighted by Crippen LogP contribution is 2.33. The van der Waals surface area contributed by atoms with Gasteiger partial charge in [0.15, 0.2) is 0 Å². The Morgan fingerprint density at radius 3 is 2.72 bits per heavy atom. The molecule has 1 amide bonds. The van der Waals surface area contributed by atoms with Crippen molar-refractivity contribution in [1.29, 1.82) is 0 Å². The topological polar surface area (TPSA) is 80.7 Å². The van der Waals surface area contributed by atoms with E-state index in [0.29, 0.717) is 11.8 Å². The third-order valence-corrected chi connectivity index (χ3v) is 3.81. The summed E-state index contributed by atoms with van der Waals surface area (Å²) in [6.45, 7) is 8.25. The molecule has 0 radical (unpaired) electrons. The molecule has 0 spiro atoms. The zero-order valence-electron chi connectivity index (χ0n) is 15.6. The lowest BCUT2D eigenvalue weighted by molar-refractivity contribution is 0.00598. The van der Waals surface area contributed by atoms with Gasteiger partial charge in [-0.25, -0.2) is 9.78 Å². The molecule has 1 aromatic heterocycles. The monoisotopic (exact) mass is 372 g/mol. The van der Waals surface area contributed by atoms with Crippen LogP contribution in [0.5, 0.6) is 0 Å². The normalized spacial score (nSPS) is 19.3. The van der Waals surface area contributed by atoms with E-state index in [1.807, 2.05) is 26.8 Å². The number of ether oxygens (including phenoxy) is 2. The number of aliphatic hydroxyl groups is 1. The largest absolute Gasteiger partial charge is 0.444 e. The van der Waals surface area contributed by atoms with Gasteiger partial charge in [0.25, 0.3) is 0 Å². The lowest BCUT2D eigenvalue weighted by atomic mass is 9.87. The second-order valence-corrected chi connectivity index (χ2v) is 7.16. The molecule has 0 saturated carbocycles. The molecule has 25 heavy (non-hydrogen) atoms. The van der Waals surface area contributed by atoms with Crippen LogP contribution in [-0.4, -0.2) is 41.6 Å². The van der Waals surface area contributed by atoms with Crippen LogP contribution in [0, 0.1) is 0 Å². The Balaban J connectivity index is 0.00000151. The maximum Gasteiger partial charge on any atom is 0.408 e. The zero-order valence-corrected chi connectivity index (χ0v) is 16.4. The molecule has 1 aliphatic rings. The van der Waals surface area contributed by atoms with Crippen molar-refractivity contribution >= 4 is 17.7 Å². The Morgan fingerprint density at radius 2 is 2.12 bits per heavy atom. The van der Waals surface area contributed by atoms with E-state index in [-0.39, 0.29) is 12.1 Å². The molecular weight excluding hydrogens is 344 g/mol.